The summed E-state index contributed by atoms with van der Waals surface area (Å²) in [6.45, 7) is 1.98. The fourth-order valence-electron chi connectivity index (χ4n) is 1.96. The van der Waals surface area contributed by atoms with E-state index in [1.807, 2.05) is 25.1 Å². The van der Waals surface area contributed by atoms with E-state index >= 15 is 0 Å². The standard InChI is InChI=1S/C13H16F3N/c1-2-10-4-3-5-11(8-10)9-17(12-6-7-12)13(14,15)16/h3-5,8,12H,2,6-7,9H2,1H3. The number of benzene rings is 1. The van der Waals surface area contributed by atoms with E-state index in [4.69, 9.17) is 0 Å². The van der Waals surface area contributed by atoms with Crippen molar-refractivity contribution in [3.05, 3.63) is 35.4 Å². The van der Waals surface area contributed by atoms with E-state index < -0.39 is 6.30 Å². The third-order valence-electron chi connectivity index (χ3n) is 3.07. The zero-order chi connectivity index (χ0) is 12.5. The minimum atomic E-state index is -4.22. The van der Waals surface area contributed by atoms with Crippen LogP contribution in [0.2, 0.25) is 0 Å². The molecule has 0 amide bonds. The maximum atomic E-state index is 12.8. The smallest absolute Gasteiger partial charge is 0.207 e. The Bertz CT molecular complexity index is 382. The third-order valence-corrected chi connectivity index (χ3v) is 3.07. The van der Waals surface area contributed by atoms with Crippen LogP contribution in [0.1, 0.15) is 30.9 Å². The molecule has 94 valence electrons. The summed E-state index contributed by atoms with van der Waals surface area (Å²) in [7, 11) is 0. The Labute approximate surface area is 99.2 Å². The normalized spacial score (nSPS) is 16.5. The molecule has 0 unspecified atom stereocenters. The Morgan fingerprint density at radius 1 is 1.24 bits per heavy atom. The maximum Gasteiger partial charge on any atom is 0.460 e. The molecule has 0 N–H and O–H groups in total. The van der Waals surface area contributed by atoms with Gasteiger partial charge >= 0.3 is 6.30 Å². The topological polar surface area (TPSA) is 3.24 Å². The van der Waals surface area contributed by atoms with Crippen LogP contribution in [0, 0.1) is 0 Å². The average molecular weight is 243 g/mol. The van der Waals surface area contributed by atoms with Crippen LogP contribution in [0.5, 0.6) is 0 Å². The zero-order valence-corrected chi connectivity index (χ0v) is 9.80. The van der Waals surface area contributed by atoms with Crippen LogP contribution in [0.4, 0.5) is 13.2 Å². The molecule has 0 radical (unpaired) electrons. The van der Waals surface area contributed by atoms with Crippen molar-refractivity contribution in [2.45, 2.75) is 45.1 Å². The molecule has 1 nitrogen and oxygen atoms in total. The predicted molar refractivity (Wildman–Crippen MR) is 60.4 cm³/mol. The van der Waals surface area contributed by atoms with Crippen molar-refractivity contribution >= 4 is 0 Å². The van der Waals surface area contributed by atoms with Gasteiger partial charge in [-0.2, -0.15) is 13.2 Å². The Morgan fingerprint density at radius 2 is 1.88 bits per heavy atom. The van der Waals surface area contributed by atoms with Gasteiger partial charge in [0.15, 0.2) is 0 Å². The van der Waals surface area contributed by atoms with Crippen LogP contribution in [0.25, 0.3) is 0 Å². The van der Waals surface area contributed by atoms with Gasteiger partial charge in [0.1, 0.15) is 0 Å². The number of alkyl halides is 3. The third kappa shape index (κ3) is 3.22. The number of hydrogen-bond acceptors (Lipinski definition) is 1. The first kappa shape index (κ1) is 12.4. The molecule has 0 spiro atoms. The van der Waals surface area contributed by atoms with Crippen LogP contribution in [0.15, 0.2) is 24.3 Å². The largest absolute Gasteiger partial charge is 0.460 e. The van der Waals surface area contributed by atoms with E-state index in [1.54, 1.807) is 6.07 Å². The van der Waals surface area contributed by atoms with Gasteiger partial charge in [-0.25, -0.2) is 4.90 Å². The first-order valence-electron chi connectivity index (χ1n) is 5.92. The van der Waals surface area contributed by atoms with E-state index in [0.29, 0.717) is 17.7 Å². The van der Waals surface area contributed by atoms with E-state index in [0.717, 1.165) is 17.5 Å². The van der Waals surface area contributed by atoms with Crippen molar-refractivity contribution < 1.29 is 13.2 Å². The minimum absolute atomic E-state index is 0.0258. The average Bonchev–Trinajstić information content (AvgIpc) is 3.08. The van der Waals surface area contributed by atoms with E-state index in [2.05, 4.69) is 0 Å². The maximum absolute atomic E-state index is 12.8. The summed E-state index contributed by atoms with van der Waals surface area (Å²) < 4.78 is 38.4. The monoisotopic (exact) mass is 243 g/mol. The molecule has 1 aliphatic rings. The second kappa shape index (κ2) is 4.69. The van der Waals surface area contributed by atoms with Crippen molar-refractivity contribution in [3.63, 3.8) is 0 Å². The first-order chi connectivity index (χ1) is 8.00. The lowest BCUT2D eigenvalue weighted by molar-refractivity contribution is -0.253. The highest BCUT2D eigenvalue weighted by Gasteiger charge is 2.45. The summed E-state index contributed by atoms with van der Waals surface area (Å²) in [6, 6.07) is 7.09. The van der Waals surface area contributed by atoms with E-state index in [9.17, 15) is 13.2 Å². The predicted octanol–water partition coefficient (Wildman–Crippen LogP) is 3.73. The van der Waals surface area contributed by atoms with Gasteiger partial charge in [-0.1, -0.05) is 31.2 Å². The lowest BCUT2D eigenvalue weighted by atomic mass is 10.1. The quantitative estimate of drug-likeness (QED) is 0.728. The van der Waals surface area contributed by atoms with Crippen LogP contribution in [-0.4, -0.2) is 17.2 Å². The Hall–Kier alpha value is -1.03. The van der Waals surface area contributed by atoms with E-state index in [1.165, 1.54) is 0 Å². The summed E-state index contributed by atoms with van der Waals surface area (Å²) >= 11 is 0. The van der Waals surface area contributed by atoms with Gasteiger partial charge in [0.2, 0.25) is 0 Å². The number of aryl methyl sites for hydroxylation is 1. The van der Waals surface area contributed by atoms with Gasteiger partial charge in [0.05, 0.1) is 0 Å². The molecule has 17 heavy (non-hydrogen) atoms. The van der Waals surface area contributed by atoms with Crippen LogP contribution < -0.4 is 0 Å². The zero-order valence-electron chi connectivity index (χ0n) is 9.80. The molecule has 0 atom stereocenters. The van der Waals surface area contributed by atoms with Crippen molar-refractivity contribution in [2.75, 3.05) is 0 Å². The summed E-state index contributed by atoms with van der Waals surface area (Å²) in [5, 5.41) is 0. The van der Waals surface area contributed by atoms with Gasteiger partial charge in [-0.05, 0) is 30.4 Å². The van der Waals surface area contributed by atoms with Crippen molar-refractivity contribution in [1.29, 1.82) is 0 Å². The number of halogens is 3. The molecule has 0 heterocycles. The Kier molecular flexibility index (Phi) is 3.43. The second-order valence-electron chi connectivity index (χ2n) is 4.50. The summed E-state index contributed by atoms with van der Waals surface area (Å²) in [4.78, 5) is 0.655. The SMILES string of the molecule is CCc1cccc(CN(C2CC2)C(F)(F)F)c1. The minimum Gasteiger partial charge on any atom is -0.207 e. The fraction of sp³-hybridized carbons (Fsp3) is 0.538. The fourth-order valence-corrected chi connectivity index (χ4v) is 1.96. The first-order valence-corrected chi connectivity index (χ1v) is 5.92. The van der Waals surface area contributed by atoms with Crippen molar-refractivity contribution in [3.8, 4) is 0 Å². The van der Waals surface area contributed by atoms with Crippen molar-refractivity contribution in [2.24, 2.45) is 0 Å². The Balaban J connectivity index is 2.11. The number of hydrogen-bond donors (Lipinski definition) is 0. The summed E-state index contributed by atoms with van der Waals surface area (Å²) in [5.41, 5.74) is 1.83. The van der Waals surface area contributed by atoms with Gasteiger partial charge in [0.25, 0.3) is 0 Å². The van der Waals surface area contributed by atoms with Gasteiger partial charge in [-0.3, -0.25) is 0 Å². The molecule has 0 aromatic heterocycles. The molecule has 1 aliphatic carbocycles. The van der Waals surface area contributed by atoms with Gasteiger partial charge in [0, 0.05) is 12.6 Å². The molecule has 0 saturated heterocycles. The molecule has 1 aromatic rings. The molecular weight excluding hydrogens is 227 g/mol. The summed E-state index contributed by atoms with van der Waals surface area (Å²) in [5.74, 6) is 0. The van der Waals surface area contributed by atoms with Gasteiger partial charge in [-0.15, -0.1) is 0 Å². The van der Waals surface area contributed by atoms with Gasteiger partial charge < -0.3 is 0 Å². The summed E-state index contributed by atoms with van der Waals surface area (Å²) in [6.07, 6.45) is -2.05. The molecule has 0 bridgehead atoms. The molecule has 1 saturated carbocycles. The Morgan fingerprint density at radius 3 is 2.41 bits per heavy atom. The lowest BCUT2D eigenvalue weighted by Gasteiger charge is -2.24. The highest BCUT2D eigenvalue weighted by Crippen LogP contribution is 2.36. The number of nitrogens with zero attached hydrogens (tertiary/aromatic N) is 1. The molecule has 1 fully saturated rings. The van der Waals surface area contributed by atoms with Crippen LogP contribution >= 0.6 is 0 Å². The highest BCUT2D eigenvalue weighted by molar-refractivity contribution is 5.23. The van der Waals surface area contributed by atoms with Crippen LogP contribution in [0.3, 0.4) is 0 Å². The van der Waals surface area contributed by atoms with Crippen molar-refractivity contribution in [1.82, 2.24) is 4.90 Å². The molecule has 1 aromatic carbocycles. The highest BCUT2D eigenvalue weighted by atomic mass is 19.4. The molecule has 4 heteroatoms. The lowest BCUT2D eigenvalue weighted by Crippen LogP contribution is -2.39. The molecule has 2 rings (SSSR count). The second-order valence-corrected chi connectivity index (χ2v) is 4.50. The van der Waals surface area contributed by atoms with Crippen LogP contribution in [-0.2, 0) is 13.0 Å². The molecule has 0 aliphatic heterocycles. The molecular formula is C13H16F3N. The van der Waals surface area contributed by atoms with E-state index in [-0.39, 0.29) is 12.6 Å². The number of rotatable bonds is 4.